The molecule has 0 bridgehead atoms. The molecule has 0 aliphatic carbocycles. The molecule has 1 aromatic heterocycles. The lowest BCUT2D eigenvalue weighted by Crippen LogP contribution is -2.43. The SMILES string of the molecule is COCCNC(=O)CN1CCC(n2nc(C(F)(F)F)n(C)c2=O)CC1. The molecule has 8 nitrogen and oxygen atoms in total. The number of carbonyl (C=O) groups is 1. The number of nitrogens with one attached hydrogen (secondary N) is 1. The van der Waals surface area contributed by atoms with Crippen molar-refractivity contribution >= 4 is 5.91 Å². The second kappa shape index (κ2) is 8.00. The van der Waals surface area contributed by atoms with E-state index in [1.165, 1.54) is 0 Å². The topological polar surface area (TPSA) is 81.4 Å². The van der Waals surface area contributed by atoms with Crippen LogP contribution < -0.4 is 11.0 Å². The summed E-state index contributed by atoms with van der Waals surface area (Å²) >= 11 is 0. The first kappa shape index (κ1) is 19.4. The van der Waals surface area contributed by atoms with Gasteiger partial charge in [-0.2, -0.15) is 13.2 Å². The van der Waals surface area contributed by atoms with E-state index in [1.54, 1.807) is 7.11 Å². The maximum Gasteiger partial charge on any atom is 0.451 e. The van der Waals surface area contributed by atoms with Crippen molar-refractivity contribution in [3.05, 3.63) is 16.3 Å². The zero-order valence-corrected chi connectivity index (χ0v) is 14.2. The van der Waals surface area contributed by atoms with E-state index in [0.29, 0.717) is 43.6 Å². The van der Waals surface area contributed by atoms with E-state index in [0.717, 1.165) is 11.7 Å². The molecule has 1 saturated heterocycles. The zero-order chi connectivity index (χ0) is 18.6. The molecule has 1 aliphatic heterocycles. The summed E-state index contributed by atoms with van der Waals surface area (Å²) in [5.74, 6) is -1.33. The monoisotopic (exact) mass is 365 g/mol. The molecule has 2 rings (SSSR count). The third kappa shape index (κ3) is 4.82. The number of aromatic nitrogens is 3. The number of carbonyl (C=O) groups excluding carboxylic acids is 1. The number of ether oxygens (including phenoxy) is 1. The maximum atomic E-state index is 12.8. The summed E-state index contributed by atoms with van der Waals surface area (Å²) in [7, 11) is 2.61. The fourth-order valence-corrected chi connectivity index (χ4v) is 2.81. The van der Waals surface area contributed by atoms with Crippen molar-refractivity contribution in [1.29, 1.82) is 0 Å². The van der Waals surface area contributed by atoms with Crippen LogP contribution in [0.15, 0.2) is 4.79 Å². The molecule has 25 heavy (non-hydrogen) atoms. The van der Waals surface area contributed by atoms with Crippen molar-refractivity contribution in [3.63, 3.8) is 0 Å². The van der Waals surface area contributed by atoms with Crippen molar-refractivity contribution in [2.24, 2.45) is 7.05 Å². The molecule has 1 aromatic rings. The van der Waals surface area contributed by atoms with Gasteiger partial charge in [-0.15, -0.1) is 5.10 Å². The number of piperidine rings is 1. The fourth-order valence-electron chi connectivity index (χ4n) is 2.81. The average Bonchev–Trinajstić information content (AvgIpc) is 2.84. The van der Waals surface area contributed by atoms with Gasteiger partial charge in [0.05, 0.1) is 19.2 Å². The first-order valence-electron chi connectivity index (χ1n) is 7.94. The molecule has 0 unspecified atom stereocenters. The van der Waals surface area contributed by atoms with Gasteiger partial charge in [0.15, 0.2) is 0 Å². The third-order valence-corrected chi connectivity index (χ3v) is 4.16. The van der Waals surface area contributed by atoms with E-state index in [9.17, 15) is 22.8 Å². The van der Waals surface area contributed by atoms with E-state index in [4.69, 9.17) is 4.74 Å². The van der Waals surface area contributed by atoms with Crippen molar-refractivity contribution in [3.8, 4) is 0 Å². The van der Waals surface area contributed by atoms with Crippen LogP contribution in [0.2, 0.25) is 0 Å². The van der Waals surface area contributed by atoms with Crippen LogP contribution in [0, 0.1) is 0 Å². The Hall–Kier alpha value is -1.88. The van der Waals surface area contributed by atoms with Crippen molar-refractivity contribution in [2.45, 2.75) is 25.1 Å². The summed E-state index contributed by atoms with van der Waals surface area (Å²) in [5, 5.41) is 6.18. The number of amides is 1. The quantitative estimate of drug-likeness (QED) is 0.718. The summed E-state index contributed by atoms with van der Waals surface area (Å²) in [6.45, 7) is 2.08. The minimum atomic E-state index is -4.67. The van der Waals surface area contributed by atoms with Gasteiger partial charge in [0.25, 0.3) is 0 Å². The van der Waals surface area contributed by atoms with Crippen LogP contribution in [0.3, 0.4) is 0 Å². The molecule has 0 spiro atoms. The highest BCUT2D eigenvalue weighted by Gasteiger charge is 2.39. The molecule has 1 aliphatic rings. The Morgan fingerprint density at radius 2 is 2.00 bits per heavy atom. The van der Waals surface area contributed by atoms with Crippen LogP contribution in [0.5, 0.6) is 0 Å². The predicted molar refractivity (Wildman–Crippen MR) is 82.1 cm³/mol. The Morgan fingerprint density at radius 3 is 2.52 bits per heavy atom. The molecule has 1 fully saturated rings. The van der Waals surface area contributed by atoms with Gasteiger partial charge in [-0.3, -0.25) is 14.3 Å². The molecule has 0 atom stereocenters. The summed E-state index contributed by atoms with van der Waals surface area (Å²) in [6.07, 6.45) is -3.75. The van der Waals surface area contributed by atoms with Crippen LogP contribution in [0.25, 0.3) is 0 Å². The van der Waals surface area contributed by atoms with Crippen LogP contribution in [0.4, 0.5) is 13.2 Å². The third-order valence-electron chi connectivity index (χ3n) is 4.16. The minimum Gasteiger partial charge on any atom is -0.383 e. The molecule has 142 valence electrons. The first-order chi connectivity index (χ1) is 11.7. The molecule has 0 saturated carbocycles. The predicted octanol–water partition coefficient (Wildman–Crippen LogP) is 0.000100. The summed E-state index contributed by atoms with van der Waals surface area (Å²) in [5.41, 5.74) is -0.775. The molecule has 0 aromatic carbocycles. The van der Waals surface area contributed by atoms with E-state index in [1.807, 2.05) is 4.90 Å². The fraction of sp³-hybridized carbons (Fsp3) is 0.786. The summed E-state index contributed by atoms with van der Waals surface area (Å²) < 4.78 is 44.8. The highest BCUT2D eigenvalue weighted by atomic mass is 19.4. The second-order valence-corrected chi connectivity index (χ2v) is 5.96. The van der Waals surface area contributed by atoms with Crippen molar-refractivity contribution < 1.29 is 22.7 Å². The van der Waals surface area contributed by atoms with Crippen LogP contribution in [0.1, 0.15) is 24.7 Å². The Morgan fingerprint density at radius 1 is 1.36 bits per heavy atom. The largest absolute Gasteiger partial charge is 0.451 e. The average molecular weight is 365 g/mol. The highest BCUT2D eigenvalue weighted by molar-refractivity contribution is 5.77. The Balaban J connectivity index is 1.92. The molecular formula is C14H22F3N5O3. The van der Waals surface area contributed by atoms with Gasteiger partial charge in [-0.05, 0) is 12.8 Å². The van der Waals surface area contributed by atoms with Gasteiger partial charge in [0.2, 0.25) is 11.7 Å². The van der Waals surface area contributed by atoms with Crippen molar-refractivity contribution in [1.82, 2.24) is 24.6 Å². The van der Waals surface area contributed by atoms with E-state index in [-0.39, 0.29) is 12.5 Å². The Bertz CT molecular complexity index is 647. The smallest absolute Gasteiger partial charge is 0.383 e. The lowest BCUT2D eigenvalue weighted by Gasteiger charge is -2.30. The minimum absolute atomic E-state index is 0.134. The number of halogens is 3. The first-order valence-corrected chi connectivity index (χ1v) is 7.94. The Kier molecular flexibility index (Phi) is 6.22. The van der Waals surface area contributed by atoms with Gasteiger partial charge in [0.1, 0.15) is 0 Å². The zero-order valence-electron chi connectivity index (χ0n) is 14.2. The second-order valence-electron chi connectivity index (χ2n) is 5.96. The molecule has 11 heteroatoms. The van der Waals surface area contributed by atoms with E-state index < -0.39 is 23.7 Å². The van der Waals surface area contributed by atoms with Crippen LogP contribution in [-0.4, -0.2) is 65.1 Å². The number of alkyl halides is 3. The molecule has 2 heterocycles. The van der Waals surface area contributed by atoms with Gasteiger partial charge >= 0.3 is 11.9 Å². The summed E-state index contributed by atoms with van der Waals surface area (Å²) in [6, 6.07) is -0.400. The lowest BCUT2D eigenvalue weighted by atomic mass is 10.1. The van der Waals surface area contributed by atoms with Gasteiger partial charge in [-0.1, -0.05) is 0 Å². The normalized spacial score (nSPS) is 17.0. The lowest BCUT2D eigenvalue weighted by molar-refractivity contribution is -0.147. The van der Waals surface area contributed by atoms with Gasteiger partial charge in [0, 0.05) is 33.8 Å². The molecular weight excluding hydrogens is 343 g/mol. The highest BCUT2D eigenvalue weighted by Crippen LogP contribution is 2.27. The Labute approximate surface area is 142 Å². The number of methoxy groups -OCH3 is 1. The molecule has 1 amide bonds. The maximum absolute atomic E-state index is 12.8. The van der Waals surface area contributed by atoms with E-state index in [2.05, 4.69) is 10.4 Å². The van der Waals surface area contributed by atoms with Crippen LogP contribution in [-0.2, 0) is 22.8 Å². The number of likely N-dealkylation sites (tertiary alicyclic amines) is 1. The summed E-state index contributed by atoms with van der Waals surface area (Å²) in [4.78, 5) is 25.7. The molecule has 1 N–H and O–H groups in total. The number of hydrogen-bond acceptors (Lipinski definition) is 5. The van der Waals surface area contributed by atoms with Gasteiger partial charge in [-0.25, -0.2) is 9.48 Å². The van der Waals surface area contributed by atoms with Crippen molar-refractivity contribution in [2.75, 3.05) is 39.9 Å². The number of hydrogen-bond donors (Lipinski definition) is 1. The number of nitrogens with zero attached hydrogens (tertiary/aromatic N) is 4. The van der Waals surface area contributed by atoms with Crippen LogP contribution >= 0.6 is 0 Å². The van der Waals surface area contributed by atoms with Gasteiger partial charge < -0.3 is 10.1 Å². The van der Waals surface area contributed by atoms with E-state index >= 15 is 0 Å². The standard InChI is InChI=1S/C14H22F3N5O3/c1-20-12(14(15,16)17)19-22(13(20)24)10-3-6-21(7-4-10)9-11(23)18-5-8-25-2/h10H,3-9H2,1-2H3,(H,18,23). The molecule has 0 radical (unpaired) electrons. The number of rotatable bonds is 6.